The Morgan fingerprint density at radius 3 is 1.83 bits per heavy atom. The lowest BCUT2D eigenvalue weighted by Crippen LogP contribution is -2.45. The second-order valence-corrected chi connectivity index (χ2v) is 2.82. The smallest absolute Gasteiger partial charge is 0.293 e. The Hall–Kier alpha value is -0.160. The van der Waals surface area contributed by atoms with Crippen LogP contribution >= 0.6 is 0 Å². The third-order valence-electron chi connectivity index (χ3n) is 1.26. The summed E-state index contributed by atoms with van der Waals surface area (Å²) in [5.41, 5.74) is 0. The molecule has 0 aliphatic heterocycles. The molecule has 0 amide bonds. The molecule has 4 heteroatoms. The molecule has 0 saturated carbocycles. The first kappa shape index (κ1) is 11.8. The molecule has 0 unspecified atom stereocenters. The molecule has 0 aromatic rings. The Labute approximate surface area is 74.1 Å². The van der Waals surface area contributed by atoms with Gasteiger partial charge >= 0.3 is 0 Å². The molecule has 0 spiro atoms. The van der Waals surface area contributed by atoms with E-state index in [9.17, 15) is 5.11 Å². The van der Waals surface area contributed by atoms with Crippen molar-refractivity contribution < 1.29 is 14.6 Å². The quantitative estimate of drug-likeness (QED) is 0.591. The molecule has 0 radical (unpaired) electrons. The average molecular weight is 177 g/mol. The number of hydrogen-bond donors (Lipinski definition) is 1. The summed E-state index contributed by atoms with van der Waals surface area (Å²) in [5.74, 6) is -1.45. The summed E-state index contributed by atoms with van der Waals surface area (Å²) in [7, 11) is 3.70. The van der Waals surface area contributed by atoms with Gasteiger partial charge in [0, 0.05) is 13.2 Å². The van der Waals surface area contributed by atoms with E-state index >= 15 is 0 Å². The molecule has 4 nitrogen and oxygen atoms in total. The molecule has 74 valence electrons. The van der Waals surface area contributed by atoms with Gasteiger partial charge in [-0.1, -0.05) is 0 Å². The third kappa shape index (κ3) is 4.66. The normalized spacial score (nSPS) is 12.5. The zero-order valence-electron chi connectivity index (χ0n) is 8.33. The number of nitrogens with zero attached hydrogens (tertiary/aromatic N) is 1. The van der Waals surface area contributed by atoms with Crippen molar-refractivity contribution in [3.8, 4) is 0 Å². The molecule has 0 aromatic heterocycles. The van der Waals surface area contributed by atoms with E-state index in [2.05, 4.69) is 0 Å². The molecule has 0 heterocycles. The highest BCUT2D eigenvalue weighted by Gasteiger charge is 2.28. The standard InChI is InChI=1S/C8H19NO3/c1-5-11-8(10,12-6-2)7-9(3)4/h10H,5-7H2,1-4H3. The van der Waals surface area contributed by atoms with Crippen LogP contribution in [0.25, 0.3) is 0 Å². The predicted octanol–water partition coefficient (Wildman–Crippen LogP) is 0.267. The maximum absolute atomic E-state index is 9.70. The van der Waals surface area contributed by atoms with Crippen LogP contribution in [0.1, 0.15) is 13.8 Å². The van der Waals surface area contributed by atoms with E-state index in [1.807, 2.05) is 32.8 Å². The van der Waals surface area contributed by atoms with Crippen LogP contribution in [-0.2, 0) is 9.47 Å². The molecular formula is C8H19NO3. The van der Waals surface area contributed by atoms with Crippen molar-refractivity contribution in [3.63, 3.8) is 0 Å². The van der Waals surface area contributed by atoms with Gasteiger partial charge in [0.25, 0.3) is 5.97 Å². The number of likely N-dealkylation sites (N-methyl/N-ethyl adjacent to an activating group) is 1. The van der Waals surface area contributed by atoms with E-state index in [0.29, 0.717) is 19.8 Å². The Morgan fingerprint density at radius 1 is 1.17 bits per heavy atom. The summed E-state index contributed by atoms with van der Waals surface area (Å²) < 4.78 is 10.1. The second-order valence-electron chi connectivity index (χ2n) is 2.82. The van der Waals surface area contributed by atoms with Gasteiger partial charge in [-0.05, 0) is 27.9 Å². The lowest BCUT2D eigenvalue weighted by molar-refractivity contribution is -0.360. The average Bonchev–Trinajstić information content (AvgIpc) is 1.85. The number of aliphatic hydroxyl groups is 1. The number of rotatable bonds is 6. The molecule has 0 saturated heterocycles. The monoisotopic (exact) mass is 177 g/mol. The SMILES string of the molecule is CCOC(O)(CN(C)C)OCC. The van der Waals surface area contributed by atoms with E-state index in [1.165, 1.54) is 0 Å². The van der Waals surface area contributed by atoms with Crippen molar-refractivity contribution >= 4 is 0 Å². The van der Waals surface area contributed by atoms with Crippen LogP contribution in [0.4, 0.5) is 0 Å². The lowest BCUT2D eigenvalue weighted by atomic mass is 10.5. The molecule has 0 fully saturated rings. The van der Waals surface area contributed by atoms with Crippen LogP contribution in [-0.4, -0.2) is 49.8 Å². The fraction of sp³-hybridized carbons (Fsp3) is 1.00. The minimum atomic E-state index is -1.45. The summed E-state index contributed by atoms with van der Waals surface area (Å²) in [6, 6.07) is 0. The van der Waals surface area contributed by atoms with E-state index in [1.54, 1.807) is 0 Å². The Morgan fingerprint density at radius 2 is 1.58 bits per heavy atom. The first-order valence-corrected chi connectivity index (χ1v) is 4.19. The van der Waals surface area contributed by atoms with E-state index < -0.39 is 5.97 Å². The van der Waals surface area contributed by atoms with Crippen LogP contribution in [0, 0.1) is 0 Å². The third-order valence-corrected chi connectivity index (χ3v) is 1.26. The van der Waals surface area contributed by atoms with E-state index in [0.717, 1.165) is 0 Å². The second kappa shape index (κ2) is 5.48. The van der Waals surface area contributed by atoms with Gasteiger partial charge in [-0.3, -0.25) is 0 Å². The summed E-state index contributed by atoms with van der Waals surface area (Å²) >= 11 is 0. The highest BCUT2D eigenvalue weighted by molar-refractivity contribution is 4.57. The summed E-state index contributed by atoms with van der Waals surface area (Å²) in [6.45, 7) is 4.85. The molecule has 0 rings (SSSR count). The Balaban J connectivity index is 3.98. The molecule has 0 aliphatic rings. The predicted molar refractivity (Wildman–Crippen MR) is 46.8 cm³/mol. The largest absolute Gasteiger partial charge is 0.342 e. The Kier molecular flexibility index (Phi) is 5.41. The summed E-state index contributed by atoms with van der Waals surface area (Å²) in [5, 5.41) is 9.70. The van der Waals surface area contributed by atoms with Crippen molar-refractivity contribution in [1.82, 2.24) is 4.90 Å². The number of ether oxygens (including phenoxy) is 2. The molecule has 0 bridgehead atoms. The maximum atomic E-state index is 9.70. The minimum absolute atomic E-state index is 0.342. The van der Waals surface area contributed by atoms with Crippen LogP contribution in [0.15, 0.2) is 0 Å². The van der Waals surface area contributed by atoms with Gasteiger partial charge in [-0.15, -0.1) is 0 Å². The summed E-state index contributed by atoms with van der Waals surface area (Å²) in [4.78, 5) is 1.81. The molecule has 12 heavy (non-hydrogen) atoms. The van der Waals surface area contributed by atoms with Crippen LogP contribution in [0.2, 0.25) is 0 Å². The first-order valence-electron chi connectivity index (χ1n) is 4.19. The van der Waals surface area contributed by atoms with Gasteiger partial charge in [-0.25, -0.2) is 0 Å². The maximum Gasteiger partial charge on any atom is 0.293 e. The molecular weight excluding hydrogens is 158 g/mol. The van der Waals surface area contributed by atoms with Crippen molar-refractivity contribution in [1.29, 1.82) is 0 Å². The van der Waals surface area contributed by atoms with Gasteiger partial charge in [-0.2, -0.15) is 0 Å². The van der Waals surface area contributed by atoms with Gasteiger partial charge in [0.2, 0.25) is 0 Å². The number of hydrogen-bond acceptors (Lipinski definition) is 4. The van der Waals surface area contributed by atoms with Gasteiger partial charge in [0.05, 0.1) is 6.54 Å². The Bertz CT molecular complexity index is 111. The molecule has 0 aliphatic carbocycles. The molecule has 0 atom stereocenters. The van der Waals surface area contributed by atoms with Crippen molar-refractivity contribution in [2.45, 2.75) is 19.8 Å². The highest BCUT2D eigenvalue weighted by Crippen LogP contribution is 2.09. The van der Waals surface area contributed by atoms with Crippen LogP contribution in [0.5, 0.6) is 0 Å². The van der Waals surface area contributed by atoms with Crippen LogP contribution in [0.3, 0.4) is 0 Å². The van der Waals surface area contributed by atoms with Gasteiger partial charge < -0.3 is 19.5 Å². The van der Waals surface area contributed by atoms with Crippen LogP contribution < -0.4 is 0 Å². The zero-order chi connectivity index (χ0) is 9.61. The first-order chi connectivity index (χ1) is 5.54. The highest BCUT2D eigenvalue weighted by atomic mass is 16.8. The van der Waals surface area contributed by atoms with E-state index in [4.69, 9.17) is 9.47 Å². The van der Waals surface area contributed by atoms with E-state index in [-0.39, 0.29) is 0 Å². The fourth-order valence-corrected chi connectivity index (χ4v) is 0.984. The van der Waals surface area contributed by atoms with Gasteiger partial charge in [0.1, 0.15) is 0 Å². The minimum Gasteiger partial charge on any atom is -0.342 e. The zero-order valence-corrected chi connectivity index (χ0v) is 8.33. The van der Waals surface area contributed by atoms with Crippen molar-refractivity contribution in [2.75, 3.05) is 33.9 Å². The van der Waals surface area contributed by atoms with Gasteiger partial charge in [0.15, 0.2) is 0 Å². The van der Waals surface area contributed by atoms with Crippen molar-refractivity contribution in [3.05, 3.63) is 0 Å². The molecule has 1 N–H and O–H groups in total. The summed E-state index contributed by atoms with van der Waals surface area (Å²) in [6.07, 6.45) is 0. The fourth-order valence-electron chi connectivity index (χ4n) is 0.984. The molecule has 0 aromatic carbocycles. The lowest BCUT2D eigenvalue weighted by Gasteiger charge is -2.29. The topological polar surface area (TPSA) is 41.9 Å². The van der Waals surface area contributed by atoms with Crippen molar-refractivity contribution in [2.24, 2.45) is 0 Å².